The lowest BCUT2D eigenvalue weighted by molar-refractivity contribution is -0.122. The van der Waals surface area contributed by atoms with Gasteiger partial charge in [-0.15, -0.1) is 0 Å². The number of amides is 2. The van der Waals surface area contributed by atoms with Gasteiger partial charge in [-0.3, -0.25) is 14.4 Å². The van der Waals surface area contributed by atoms with Gasteiger partial charge >= 0.3 is 0 Å². The fraction of sp³-hybridized carbons (Fsp3) is 0.217. The standard InChI is InChI=1S/C23H22N4O3/c1-15-3-9-19(10-4-15)27-14-17(13-20(27)28)23(30)25-18-7-5-16(6-8-18)21(29)22-24-11-12-26(22)2/h3-12,17H,13-14H2,1-2H3,(H,25,30). The minimum Gasteiger partial charge on any atom is -0.331 e. The van der Waals surface area contributed by atoms with Crippen LogP contribution in [0.1, 0.15) is 28.2 Å². The van der Waals surface area contributed by atoms with Gasteiger partial charge in [-0.25, -0.2) is 4.98 Å². The minimum atomic E-state index is -0.423. The molecular formula is C23H22N4O3. The van der Waals surface area contributed by atoms with E-state index in [0.29, 0.717) is 23.6 Å². The van der Waals surface area contributed by atoms with Gasteiger partial charge in [0.25, 0.3) is 0 Å². The molecule has 1 atom stereocenters. The monoisotopic (exact) mass is 402 g/mol. The first-order valence-corrected chi connectivity index (χ1v) is 9.72. The van der Waals surface area contributed by atoms with Crippen molar-refractivity contribution in [2.24, 2.45) is 13.0 Å². The molecule has 4 rings (SSSR count). The Morgan fingerprint density at radius 2 is 1.77 bits per heavy atom. The third-order valence-electron chi connectivity index (χ3n) is 5.28. The number of imidazole rings is 1. The third-order valence-corrected chi connectivity index (χ3v) is 5.28. The molecule has 0 radical (unpaired) electrons. The smallest absolute Gasteiger partial charge is 0.229 e. The van der Waals surface area contributed by atoms with E-state index < -0.39 is 5.92 Å². The van der Waals surface area contributed by atoms with Crippen LogP contribution in [-0.4, -0.2) is 33.7 Å². The zero-order valence-corrected chi connectivity index (χ0v) is 16.8. The molecular weight excluding hydrogens is 380 g/mol. The predicted molar refractivity (Wildman–Crippen MR) is 113 cm³/mol. The van der Waals surface area contributed by atoms with E-state index >= 15 is 0 Å². The fourth-order valence-corrected chi connectivity index (χ4v) is 3.52. The molecule has 0 bridgehead atoms. The molecule has 7 nitrogen and oxygen atoms in total. The lowest BCUT2D eigenvalue weighted by atomic mass is 10.1. The van der Waals surface area contributed by atoms with Gasteiger partial charge in [-0.2, -0.15) is 0 Å². The molecule has 0 spiro atoms. The first-order chi connectivity index (χ1) is 14.4. The van der Waals surface area contributed by atoms with Crippen LogP contribution in [0, 0.1) is 12.8 Å². The Hall–Kier alpha value is -3.74. The largest absolute Gasteiger partial charge is 0.331 e. The Morgan fingerprint density at radius 3 is 2.40 bits per heavy atom. The summed E-state index contributed by atoms with van der Waals surface area (Å²) >= 11 is 0. The van der Waals surface area contributed by atoms with Gasteiger partial charge in [0.2, 0.25) is 17.6 Å². The number of aromatic nitrogens is 2. The van der Waals surface area contributed by atoms with Crippen LogP contribution in [-0.2, 0) is 16.6 Å². The summed E-state index contributed by atoms with van der Waals surface area (Å²) in [6.07, 6.45) is 3.46. The Morgan fingerprint density at radius 1 is 1.07 bits per heavy atom. The maximum atomic E-state index is 12.7. The zero-order chi connectivity index (χ0) is 21.3. The quantitative estimate of drug-likeness (QED) is 0.665. The second-order valence-electron chi connectivity index (χ2n) is 7.50. The van der Waals surface area contributed by atoms with Crippen LogP contribution in [0.25, 0.3) is 0 Å². The van der Waals surface area contributed by atoms with Gasteiger partial charge in [-0.1, -0.05) is 17.7 Å². The van der Waals surface area contributed by atoms with Crippen molar-refractivity contribution in [1.29, 1.82) is 0 Å². The Kier molecular flexibility index (Phi) is 5.18. The van der Waals surface area contributed by atoms with Crippen LogP contribution in [0.15, 0.2) is 60.9 Å². The molecule has 1 aliphatic heterocycles. The number of ketones is 1. The molecule has 1 fully saturated rings. The highest BCUT2D eigenvalue weighted by molar-refractivity contribution is 6.07. The molecule has 0 saturated carbocycles. The van der Waals surface area contributed by atoms with Crippen molar-refractivity contribution < 1.29 is 14.4 Å². The highest BCUT2D eigenvalue weighted by atomic mass is 16.2. The van der Waals surface area contributed by atoms with Crippen LogP contribution in [0.5, 0.6) is 0 Å². The molecule has 30 heavy (non-hydrogen) atoms. The summed E-state index contributed by atoms with van der Waals surface area (Å²) in [7, 11) is 1.76. The average Bonchev–Trinajstić information content (AvgIpc) is 3.34. The summed E-state index contributed by atoms with van der Waals surface area (Å²) in [5, 5.41) is 2.85. The summed E-state index contributed by atoms with van der Waals surface area (Å²) in [5.74, 6) is -0.521. The highest BCUT2D eigenvalue weighted by Crippen LogP contribution is 2.26. The Bertz CT molecular complexity index is 1100. The zero-order valence-electron chi connectivity index (χ0n) is 16.8. The van der Waals surface area contributed by atoms with Gasteiger partial charge in [0.15, 0.2) is 5.82 Å². The molecule has 152 valence electrons. The number of rotatable bonds is 5. The normalized spacial score (nSPS) is 16.0. The van der Waals surface area contributed by atoms with Gasteiger partial charge in [0.1, 0.15) is 0 Å². The van der Waals surface area contributed by atoms with Gasteiger partial charge in [-0.05, 0) is 43.3 Å². The summed E-state index contributed by atoms with van der Waals surface area (Å²) in [6.45, 7) is 2.34. The lowest BCUT2D eigenvalue weighted by Crippen LogP contribution is -2.28. The summed E-state index contributed by atoms with van der Waals surface area (Å²) in [5.41, 5.74) is 2.99. The van der Waals surface area contributed by atoms with Crippen LogP contribution in [0.2, 0.25) is 0 Å². The van der Waals surface area contributed by atoms with E-state index in [4.69, 9.17) is 0 Å². The van der Waals surface area contributed by atoms with Gasteiger partial charge < -0.3 is 14.8 Å². The lowest BCUT2D eigenvalue weighted by Gasteiger charge is -2.17. The average molecular weight is 402 g/mol. The number of benzene rings is 2. The number of aryl methyl sites for hydroxylation is 2. The van der Waals surface area contributed by atoms with E-state index in [-0.39, 0.29) is 24.0 Å². The van der Waals surface area contributed by atoms with Crippen molar-refractivity contribution in [2.75, 3.05) is 16.8 Å². The van der Waals surface area contributed by atoms with Crippen molar-refractivity contribution in [2.45, 2.75) is 13.3 Å². The molecule has 1 aromatic heterocycles. The van der Waals surface area contributed by atoms with Crippen molar-refractivity contribution >= 4 is 29.0 Å². The molecule has 1 aliphatic rings. The number of carbonyl (C=O) groups excluding carboxylic acids is 3. The maximum absolute atomic E-state index is 12.7. The van der Waals surface area contributed by atoms with E-state index in [0.717, 1.165) is 11.3 Å². The van der Waals surface area contributed by atoms with Crippen LogP contribution in [0.4, 0.5) is 11.4 Å². The number of hydrogen-bond acceptors (Lipinski definition) is 4. The topological polar surface area (TPSA) is 84.3 Å². The van der Waals surface area contributed by atoms with E-state index in [1.165, 1.54) is 0 Å². The summed E-state index contributed by atoms with van der Waals surface area (Å²) in [4.78, 5) is 43.3. The van der Waals surface area contributed by atoms with Crippen molar-refractivity contribution in [3.8, 4) is 0 Å². The predicted octanol–water partition coefficient (Wildman–Crippen LogP) is 2.95. The number of hydrogen-bond donors (Lipinski definition) is 1. The second kappa shape index (κ2) is 7.94. The second-order valence-corrected chi connectivity index (χ2v) is 7.50. The first kappa shape index (κ1) is 19.6. The molecule has 7 heteroatoms. The Labute approximate surface area is 174 Å². The Balaban J connectivity index is 1.40. The summed E-state index contributed by atoms with van der Waals surface area (Å²) < 4.78 is 1.66. The maximum Gasteiger partial charge on any atom is 0.229 e. The third kappa shape index (κ3) is 3.87. The molecule has 2 amide bonds. The molecule has 2 heterocycles. The molecule has 1 unspecified atom stereocenters. The van der Waals surface area contributed by atoms with Crippen molar-refractivity contribution in [1.82, 2.24) is 9.55 Å². The summed E-state index contributed by atoms with van der Waals surface area (Å²) in [6, 6.07) is 14.4. The van der Waals surface area contributed by atoms with E-state index in [9.17, 15) is 14.4 Å². The van der Waals surface area contributed by atoms with E-state index in [2.05, 4.69) is 10.3 Å². The van der Waals surface area contributed by atoms with E-state index in [1.807, 2.05) is 31.2 Å². The van der Waals surface area contributed by atoms with Crippen LogP contribution in [0.3, 0.4) is 0 Å². The van der Waals surface area contributed by atoms with Gasteiger partial charge in [0, 0.05) is 49.3 Å². The molecule has 0 aliphatic carbocycles. The minimum absolute atomic E-state index is 0.0602. The SMILES string of the molecule is Cc1ccc(N2CC(C(=O)Nc3ccc(C(=O)c4nccn4C)cc3)CC2=O)cc1. The van der Waals surface area contributed by atoms with Crippen LogP contribution < -0.4 is 10.2 Å². The van der Waals surface area contributed by atoms with Crippen LogP contribution >= 0.6 is 0 Å². The molecule has 3 aromatic rings. The van der Waals surface area contributed by atoms with Crippen molar-refractivity contribution in [3.05, 3.63) is 77.9 Å². The van der Waals surface area contributed by atoms with E-state index in [1.54, 1.807) is 53.2 Å². The molecule has 1 N–H and O–H groups in total. The number of nitrogens with one attached hydrogen (secondary N) is 1. The number of carbonyl (C=O) groups is 3. The number of anilines is 2. The first-order valence-electron chi connectivity index (χ1n) is 9.72. The number of nitrogens with zero attached hydrogens (tertiary/aromatic N) is 3. The highest BCUT2D eigenvalue weighted by Gasteiger charge is 2.35. The van der Waals surface area contributed by atoms with Gasteiger partial charge in [0.05, 0.1) is 5.92 Å². The molecule has 2 aromatic carbocycles. The molecule has 1 saturated heterocycles. The fourth-order valence-electron chi connectivity index (χ4n) is 3.52. The van der Waals surface area contributed by atoms with Crippen molar-refractivity contribution in [3.63, 3.8) is 0 Å².